The van der Waals surface area contributed by atoms with E-state index in [4.69, 9.17) is 0 Å². The molecule has 0 atom stereocenters. The third-order valence-electron chi connectivity index (χ3n) is 4.86. The molecule has 2 aromatic heterocycles. The monoisotopic (exact) mass is 417 g/mol. The van der Waals surface area contributed by atoms with Crippen LogP contribution >= 0.6 is 0 Å². The second kappa shape index (κ2) is 8.86. The molecule has 2 heterocycles. The molecule has 1 saturated carbocycles. The lowest BCUT2D eigenvalue weighted by Gasteiger charge is -2.13. The Kier molecular flexibility index (Phi) is 5.83. The molecule has 4 rings (SSSR count). The largest absolute Gasteiger partial charge is 0.349 e. The van der Waals surface area contributed by atoms with E-state index in [0.717, 1.165) is 24.1 Å². The zero-order valence-electron chi connectivity index (χ0n) is 17.4. The van der Waals surface area contributed by atoms with Gasteiger partial charge in [-0.2, -0.15) is 0 Å². The highest BCUT2D eigenvalue weighted by molar-refractivity contribution is 6.06. The lowest BCUT2D eigenvalue weighted by molar-refractivity contribution is -0.127. The summed E-state index contributed by atoms with van der Waals surface area (Å²) < 4.78 is 0. The maximum atomic E-state index is 13.1. The van der Waals surface area contributed by atoms with Crippen molar-refractivity contribution in [2.45, 2.75) is 25.2 Å². The van der Waals surface area contributed by atoms with E-state index in [1.54, 1.807) is 50.9 Å². The Morgan fingerprint density at radius 2 is 1.87 bits per heavy atom. The van der Waals surface area contributed by atoms with Gasteiger partial charge in [-0.3, -0.25) is 9.59 Å². The number of amides is 2. The van der Waals surface area contributed by atoms with Crippen molar-refractivity contribution in [2.75, 3.05) is 24.7 Å². The van der Waals surface area contributed by atoms with E-state index >= 15 is 0 Å². The van der Waals surface area contributed by atoms with E-state index in [1.165, 1.54) is 11.2 Å². The minimum atomic E-state index is -0.384. The molecule has 0 spiro atoms. The second-order valence-corrected chi connectivity index (χ2v) is 7.64. The van der Waals surface area contributed by atoms with E-state index < -0.39 is 0 Å². The molecular formula is C22H23N7O2. The van der Waals surface area contributed by atoms with Crippen molar-refractivity contribution in [3.05, 3.63) is 66.1 Å². The zero-order valence-corrected chi connectivity index (χ0v) is 17.4. The van der Waals surface area contributed by atoms with Gasteiger partial charge in [0.2, 0.25) is 5.91 Å². The molecule has 1 fully saturated rings. The van der Waals surface area contributed by atoms with Crippen LogP contribution < -0.4 is 10.6 Å². The molecule has 158 valence electrons. The highest BCUT2D eigenvalue weighted by Gasteiger charge is 2.27. The van der Waals surface area contributed by atoms with Crippen LogP contribution in [0.1, 0.15) is 40.5 Å². The van der Waals surface area contributed by atoms with Crippen LogP contribution in [0.25, 0.3) is 0 Å². The van der Waals surface area contributed by atoms with Crippen LogP contribution in [0.4, 0.5) is 17.2 Å². The molecule has 2 amide bonds. The lowest BCUT2D eigenvalue weighted by Crippen LogP contribution is -2.23. The SMILES string of the molecule is CN(C)C(=O)Cc1cccc(NC(=O)c2nc(C3CC3)cnc2Nc2cncnc2)c1. The molecule has 3 aromatic rings. The number of carbonyl (C=O) groups is 2. The smallest absolute Gasteiger partial charge is 0.278 e. The summed E-state index contributed by atoms with van der Waals surface area (Å²) in [6.07, 6.45) is 8.68. The van der Waals surface area contributed by atoms with Crippen molar-refractivity contribution in [3.63, 3.8) is 0 Å². The Morgan fingerprint density at radius 3 is 2.58 bits per heavy atom. The average Bonchev–Trinajstić information content (AvgIpc) is 3.60. The number of carbonyl (C=O) groups excluding carboxylic acids is 2. The fourth-order valence-corrected chi connectivity index (χ4v) is 3.01. The van der Waals surface area contributed by atoms with Crippen molar-refractivity contribution in [1.82, 2.24) is 24.8 Å². The van der Waals surface area contributed by atoms with Gasteiger partial charge in [0.05, 0.1) is 36.4 Å². The van der Waals surface area contributed by atoms with Crippen LogP contribution in [-0.4, -0.2) is 50.7 Å². The van der Waals surface area contributed by atoms with Crippen LogP contribution in [0.5, 0.6) is 0 Å². The first-order valence-corrected chi connectivity index (χ1v) is 9.99. The van der Waals surface area contributed by atoms with Gasteiger partial charge in [0, 0.05) is 25.7 Å². The van der Waals surface area contributed by atoms with Gasteiger partial charge in [-0.1, -0.05) is 12.1 Å². The Morgan fingerprint density at radius 1 is 1.10 bits per heavy atom. The summed E-state index contributed by atoms with van der Waals surface area (Å²) in [5.74, 6) is 0.289. The fraction of sp³-hybridized carbons (Fsp3) is 0.273. The molecule has 0 saturated heterocycles. The number of aromatic nitrogens is 4. The lowest BCUT2D eigenvalue weighted by atomic mass is 10.1. The first kappa shape index (κ1) is 20.4. The van der Waals surface area contributed by atoms with E-state index in [1.807, 2.05) is 6.07 Å². The van der Waals surface area contributed by atoms with Gasteiger partial charge >= 0.3 is 0 Å². The maximum Gasteiger partial charge on any atom is 0.278 e. The highest BCUT2D eigenvalue weighted by atomic mass is 16.2. The Hall–Kier alpha value is -3.88. The average molecular weight is 417 g/mol. The van der Waals surface area contributed by atoms with Crippen LogP contribution in [0.2, 0.25) is 0 Å². The van der Waals surface area contributed by atoms with Crippen molar-refractivity contribution in [3.8, 4) is 0 Å². The molecule has 1 aromatic carbocycles. The molecule has 9 heteroatoms. The summed E-state index contributed by atoms with van der Waals surface area (Å²) in [5.41, 5.74) is 3.01. The second-order valence-electron chi connectivity index (χ2n) is 7.64. The predicted octanol–water partition coefficient (Wildman–Crippen LogP) is 2.77. The molecule has 9 nitrogen and oxygen atoms in total. The van der Waals surface area contributed by atoms with E-state index in [0.29, 0.717) is 23.1 Å². The van der Waals surface area contributed by atoms with Crippen LogP contribution in [0.3, 0.4) is 0 Å². The first-order valence-electron chi connectivity index (χ1n) is 9.99. The number of hydrogen-bond donors (Lipinski definition) is 2. The van der Waals surface area contributed by atoms with Gasteiger partial charge in [0.1, 0.15) is 6.33 Å². The van der Waals surface area contributed by atoms with Gasteiger partial charge < -0.3 is 15.5 Å². The normalized spacial score (nSPS) is 12.8. The molecule has 0 bridgehead atoms. The van der Waals surface area contributed by atoms with Gasteiger partial charge in [0.15, 0.2) is 11.5 Å². The third kappa shape index (κ3) is 5.19. The summed E-state index contributed by atoms with van der Waals surface area (Å²) in [6.45, 7) is 0. The van der Waals surface area contributed by atoms with Crippen molar-refractivity contribution < 1.29 is 9.59 Å². The molecular weight excluding hydrogens is 394 g/mol. The number of benzene rings is 1. The number of hydrogen-bond acceptors (Lipinski definition) is 7. The Labute approximate surface area is 180 Å². The first-order chi connectivity index (χ1) is 15.0. The molecule has 1 aliphatic rings. The van der Waals surface area contributed by atoms with Crippen LogP contribution in [0.15, 0.2) is 49.2 Å². The molecule has 0 unspecified atom stereocenters. The van der Waals surface area contributed by atoms with Gasteiger partial charge in [-0.15, -0.1) is 0 Å². The predicted molar refractivity (Wildman–Crippen MR) is 116 cm³/mol. The summed E-state index contributed by atoms with van der Waals surface area (Å²) >= 11 is 0. The topological polar surface area (TPSA) is 113 Å². The van der Waals surface area contributed by atoms with Gasteiger partial charge in [-0.05, 0) is 30.5 Å². The molecule has 1 aliphatic carbocycles. The zero-order chi connectivity index (χ0) is 21.8. The summed E-state index contributed by atoms with van der Waals surface area (Å²) in [6, 6.07) is 7.22. The fourth-order valence-electron chi connectivity index (χ4n) is 3.01. The van der Waals surface area contributed by atoms with Crippen LogP contribution in [-0.2, 0) is 11.2 Å². The van der Waals surface area contributed by atoms with Gasteiger partial charge in [0.25, 0.3) is 5.91 Å². The molecule has 31 heavy (non-hydrogen) atoms. The number of anilines is 3. The van der Waals surface area contributed by atoms with Crippen molar-refractivity contribution in [1.29, 1.82) is 0 Å². The van der Waals surface area contributed by atoms with E-state index in [9.17, 15) is 9.59 Å². The minimum absolute atomic E-state index is 0.0111. The summed E-state index contributed by atoms with van der Waals surface area (Å²) in [4.78, 5) is 43.6. The number of nitrogens with zero attached hydrogens (tertiary/aromatic N) is 5. The minimum Gasteiger partial charge on any atom is -0.349 e. The van der Waals surface area contributed by atoms with E-state index in [-0.39, 0.29) is 23.9 Å². The van der Waals surface area contributed by atoms with Crippen LogP contribution in [0, 0.1) is 0 Å². The molecule has 2 N–H and O–H groups in total. The number of likely N-dealkylation sites (N-methyl/N-ethyl adjacent to an activating group) is 1. The Balaban J connectivity index is 1.57. The van der Waals surface area contributed by atoms with Gasteiger partial charge in [-0.25, -0.2) is 19.9 Å². The standard InChI is InChI=1S/C22H23N7O2/c1-29(2)19(30)9-14-4-3-5-16(8-14)27-22(31)20-21(26-17-10-23-13-24-11-17)25-12-18(28-20)15-6-7-15/h3-5,8,10-13,15H,6-7,9H2,1-2H3,(H,25,26)(H,27,31). The summed E-state index contributed by atoms with van der Waals surface area (Å²) in [7, 11) is 3.43. The number of rotatable bonds is 7. The van der Waals surface area contributed by atoms with Crippen molar-refractivity contribution >= 4 is 29.0 Å². The molecule has 0 aliphatic heterocycles. The maximum absolute atomic E-state index is 13.1. The van der Waals surface area contributed by atoms with Crippen molar-refractivity contribution in [2.24, 2.45) is 0 Å². The summed E-state index contributed by atoms with van der Waals surface area (Å²) in [5, 5.41) is 5.94. The molecule has 0 radical (unpaired) electrons. The Bertz CT molecular complexity index is 1100. The third-order valence-corrected chi connectivity index (χ3v) is 4.86. The number of nitrogens with one attached hydrogen (secondary N) is 2. The van der Waals surface area contributed by atoms with E-state index in [2.05, 4.69) is 30.6 Å². The quantitative estimate of drug-likeness (QED) is 0.608. The highest BCUT2D eigenvalue weighted by Crippen LogP contribution is 2.39.